The fraction of sp³-hybridized carbons (Fsp3) is 0.909. The Morgan fingerprint density at radius 3 is 2.71 bits per heavy atom. The molecule has 0 spiro atoms. The van der Waals surface area contributed by atoms with Crippen LogP contribution in [0.1, 0.15) is 32.6 Å². The predicted octanol–water partition coefficient (Wildman–Crippen LogP) is 1.24. The monoisotopic (exact) mass is 198 g/mol. The molecule has 3 nitrogen and oxygen atoms in total. The first-order chi connectivity index (χ1) is 6.74. The summed E-state index contributed by atoms with van der Waals surface area (Å²) < 4.78 is 0. The van der Waals surface area contributed by atoms with Crippen LogP contribution in [0.4, 0.5) is 0 Å². The van der Waals surface area contributed by atoms with Gasteiger partial charge in [-0.15, -0.1) is 0 Å². The summed E-state index contributed by atoms with van der Waals surface area (Å²) in [5.74, 6) is 1.06. The van der Waals surface area contributed by atoms with Gasteiger partial charge in [0, 0.05) is 26.6 Å². The molecule has 0 aliphatic heterocycles. The molecule has 1 saturated carbocycles. The summed E-state index contributed by atoms with van der Waals surface area (Å²) in [4.78, 5) is 13.5. The lowest BCUT2D eigenvalue weighted by Gasteiger charge is -2.30. The van der Waals surface area contributed by atoms with Crippen molar-refractivity contribution in [1.29, 1.82) is 0 Å². The van der Waals surface area contributed by atoms with Crippen LogP contribution in [0.2, 0.25) is 0 Å². The summed E-state index contributed by atoms with van der Waals surface area (Å²) in [5.41, 5.74) is 0. The predicted molar refractivity (Wildman–Crippen MR) is 58.1 cm³/mol. The Kier molecular flexibility index (Phi) is 4.94. The SMILES string of the molecule is CCNCCC(=O)N(C)CC1CCC1. The maximum atomic E-state index is 11.6. The van der Waals surface area contributed by atoms with Gasteiger partial charge in [0.2, 0.25) is 5.91 Å². The van der Waals surface area contributed by atoms with Crippen molar-refractivity contribution in [1.82, 2.24) is 10.2 Å². The molecule has 3 heteroatoms. The summed E-state index contributed by atoms with van der Waals surface area (Å²) in [7, 11) is 1.92. The van der Waals surface area contributed by atoms with Gasteiger partial charge >= 0.3 is 0 Å². The molecule has 0 bridgehead atoms. The second-order valence-corrected chi connectivity index (χ2v) is 4.17. The Balaban J connectivity index is 2.08. The van der Waals surface area contributed by atoms with Crippen LogP contribution in [-0.2, 0) is 4.79 Å². The Bertz CT molecular complexity index is 178. The Morgan fingerprint density at radius 1 is 1.50 bits per heavy atom. The van der Waals surface area contributed by atoms with E-state index in [0.29, 0.717) is 6.42 Å². The molecule has 1 aliphatic carbocycles. The highest BCUT2D eigenvalue weighted by Crippen LogP contribution is 2.26. The highest BCUT2D eigenvalue weighted by Gasteiger charge is 2.20. The van der Waals surface area contributed by atoms with Gasteiger partial charge in [-0.3, -0.25) is 4.79 Å². The van der Waals surface area contributed by atoms with Crippen LogP contribution in [0.5, 0.6) is 0 Å². The second kappa shape index (κ2) is 6.02. The molecule has 0 heterocycles. The molecular weight excluding hydrogens is 176 g/mol. The zero-order chi connectivity index (χ0) is 10.4. The van der Waals surface area contributed by atoms with E-state index in [9.17, 15) is 4.79 Å². The standard InChI is InChI=1S/C11H22N2O/c1-3-12-8-7-11(14)13(2)9-10-5-4-6-10/h10,12H,3-9H2,1-2H3. The minimum absolute atomic E-state index is 0.276. The number of carbonyl (C=O) groups is 1. The zero-order valence-corrected chi connectivity index (χ0v) is 9.38. The van der Waals surface area contributed by atoms with E-state index < -0.39 is 0 Å². The van der Waals surface area contributed by atoms with E-state index in [-0.39, 0.29) is 5.91 Å². The smallest absolute Gasteiger partial charge is 0.223 e. The van der Waals surface area contributed by atoms with Crippen molar-refractivity contribution in [2.24, 2.45) is 5.92 Å². The number of hydrogen-bond acceptors (Lipinski definition) is 2. The third-order valence-corrected chi connectivity index (χ3v) is 2.95. The minimum atomic E-state index is 0.276. The van der Waals surface area contributed by atoms with Crippen LogP contribution in [0.3, 0.4) is 0 Å². The first-order valence-electron chi connectivity index (χ1n) is 5.68. The van der Waals surface area contributed by atoms with E-state index >= 15 is 0 Å². The average molecular weight is 198 g/mol. The van der Waals surface area contributed by atoms with Gasteiger partial charge in [-0.05, 0) is 25.3 Å². The maximum absolute atomic E-state index is 11.6. The molecule has 0 aromatic heterocycles. The minimum Gasteiger partial charge on any atom is -0.345 e. The van der Waals surface area contributed by atoms with Crippen LogP contribution >= 0.6 is 0 Å². The van der Waals surface area contributed by atoms with Gasteiger partial charge in [-0.25, -0.2) is 0 Å². The highest BCUT2D eigenvalue weighted by molar-refractivity contribution is 5.76. The van der Waals surface area contributed by atoms with Gasteiger partial charge in [-0.1, -0.05) is 13.3 Å². The van der Waals surface area contributed by atoms with Gasteiger partial charge in [0.25, 0.3) is 0 Å². The fourth-order valence-corrected chi connectivity index (χ4v) is 1.73. The van der Waals surface area contributed by atoms with Crippen LogP contribution in [0.15, 0.2) is 0 Å². The lowest BCUT2D eigenvalue weighted by molar-refractivity contribution is -0.130. The second-order valence-electron chi connectivity index (χ2n) is 4.17. The molecule has 82 valence electrons. The van der Waals surface area contributed by atoms with Crippen LogP contribution in [0.25, 0.3) is 0 Å². The Hall–Kier alpha value is -0.570. The van der Waals surface area contributed by atoms with Crippen molar-refractivity contribution in [3.63, 3.8) is 0 Å². The molecular formula is C11H22N2O. The maximum Gasteiger partial charge on any atom is 0.223 e. The molecule has 1 fully saturated rings. The third kappa shape index (κ3) is 3.66. The summed E-state index contributed by atoms with van der Waals surface area (Å²) >= 11 is 0. The first-order valence-corrected chi connectivity index (χ1v) is 5.68. The number of carbonyl (C=O) groups excluding carboxylic acids is 1. The van der Waals surface area contributed by atoms with E-state index in [2.05, 4.69) is 12.2 Å². The van der Waals surface area contributed by atoms with Crippen molar-refractivity contribution < 1.29 is 4.79 Å². The first kappa shape index (κ1) is 11.5. The average Bonchev–Trinajstić information content (AvgIpc) is 2.11. The zero-order valence-electron chi connectivity index (χ0n) is 9.38. The van der Waals surface area contributed by atoms with Gasteiger partial charge in [0.1, 0.15) is 0 Å². The molecule has 0 unspecified atom stereocenters. The summed E-state index contributed by atoms with van der Waals surface area (Å²) in [5, 5.41) is 3.17. The number of amides is 1. The molecule has 1 N–H and O–H groups in total. The number of nitrogens with one attached hydrogen (secondary N) is 1. The van der Waals surface area contributed by atoms with Crippen LogP contribution in [-0.4, -0.2) is 37.5 Å². The van der Waals surface area contributed by atoms with E-state index in [1.54, 1.807) is 0 Å². The molecule has 0 radical (unpaired) electrons. The van der Waals surface area contributed by atoms with Crippen LogP contribution in [0, 0.1) is 5.92 Å². The van der Waals surface area contributed by atoms with E-state index in [1.165, 1.54) is 19.3 Å². The molecule has 1 aliphatic rings. The molecule has 1 rings (SSSR count). The van der Waals surface area contributed by atoms with Gasteiger partial charge in [0.15, 0.2) is 0 Å². The Morgan fingerprint density at radius 2 is 2.21 bits per heavy atom. The van der Waals surface area contributed by atoms with Crippen molar-refractivity contribution >= 4 is 5.91 Å². The van der Waals surface area contributed by atoms with E-state index in [1.807, 2.05) is 11.9 Å². The Labute approximate surface area is 86.9 Å². The normalized spacial score (nSPS) is 16.4. The summed E-state index contributed by atoms with van der Waals surface area (Å²) in [6, 6.07) is 0. The number of rotatable bonds is 6. The lowest BCUT2D eigenvalue weighted by atomic mass is 9.85. The van der Waals surface area contributed by atoms with Gasteiger partial charge < -0.3 is 10.2 Å². The topological polar surface area (TPSA) is 32.3 Å². The highest BCUT2D eigenvalue weighted by atomic mass is 16.2. The molecule has 0 saturated heterocycles. The third-order valence-electron chi connectivity index (χ3n) is 2.95. The van der Waals surface area contributed by atoms with Crippen molar-refractivity contribution in [2.75, 3.05) is 26.7 Å². The lowest BCUT2D eigenvalue weighted by Crippen LogP contribution is -2.35. The molecule has 0 aromatic rings. The van der Waals surface area contributed by atoms with Gasteiger partial charge in [-0.2, -0.15) is 0 Å². The van der Waals surface area contributed by atoms with Gasteiger partial charge in [0.05, 0.1) is 0 Å². The van der Waals surface area contributed by atoms with E-state index in [4.69, 9.17) is 0 Å². The van der Waals surface area contributed by atoms with Crippen molar-refractivity contribution in [3.8, 4) is 0 Å². The molecule has 14 heavy (non-hydrogen) atoms. The van der Waals surface area contributed by atoms with Crippen molar-refractivity contribution in [2.45, 2.75) is 32.6 Å². The number of nitrogens with zero attached hydrogens (tertiary/aromatic N) is 1. The molecule has 0 atom stereocenters. The van der Waals surface area contributed by atoms with Crippen molar-refractivity contribution in [3.05, 3.63) is 0 Å². The largest absolute Gasteiger partial charge is 0.345 e. The molecule has 1 amide bonds. The number of hydrogen-bond donors (Lipinski definition) is 1. The van der Waals surface area contributed by atoms with E-state index in [0.717, 1.165) is 25.6 Å². The summed E-state index contributed by atoms with van der Waals surface area (Å²) in [6.45, 7) is 4.78. The molecule has 0 aromatic carbocycles. The summed E-state index contributed by atoms with van der Waals surface area (Å²) in [6.07, 6.45) is 4.61. The quantitative estimate of drug-likeness (QED) is 0.651. The van der Waals surface area contributed by atoms with Crippen LogP contribution < -0.4 is 5.32 Å². The fourth-order valence-electron chi connectivity index (χ4n) is 1.73.